The number of nitriles is 2. The van der Waals surface area contributed by atoms with Crippen LogP contribution < -0.4 is 4.90 Å². The monoisotopic (exact) mass is 473 g/mol. The predicted octanol–water partition coefficient (Wildman–Crippen LogP) is 4.79. The molecule has 0 saturated carbocycles. The number of ether oxygens (including phenoxy) is 1. The van der Waals surface area contributed by atoms with Crippen LogP contribution in [-0.2, 0) is 26.3 Å². The Morgan fingerprint density at radius 2 is 1.56 bits per heavy atom. The zero-order valence-electron chi connectivity index (χ0n) is 19.7. The van der Waals surface area contributed by atoms with Crippen molar-refractivity contribution in [2.75, 3.05) is 11.5 Å². The molecule has 3 aromatic carbocycles. The number of amides is 1. The molecular weight excluding hydrogens is 450 g/mol. The first kappa shape index (κ1) is 23.1. The van der Waals surface area contributed by atoms with Crippen LogP contribution in [0.2, 0.25) is 0 Å². The predicted molar refractivity (Wildman–Crippen MR) is 133 cm³/mol. The molecule has 5 rings (SSSR count). The molecule has 3 aromatic rings. The van der Waals surface area contributed by atoms with E-state index < -0.39 is 22.7 Å². The van der Waals surface area contributed by atoms with Crippen LogP contribution in [0.1, 0.15) is 29.5 Å². The zero-order chi connectivity index (χ0) is 25.3. The molecule has 0 saturated heterocycles. The van der Waals surface area contributed by atoms with E-state index in [2.05, 4.69) is 12.1 Å². The van der Waals surface area contributed by atoms with Gasteiger partial charge in [0.05, 0.1) is 25.3 Å². The summed E-state index contributed by atoms with van der Waals surface area (Å²) in [5.41, 5.74) is -0.687. The molecule has 1 spiro atoms. The molecule has 176 valence electrons. The van der Waals surface area contributed by atoms with E-state index in [1.54, 1.807) is 24.0 Å². The highest BCUT2D eigenvalue weighted by atomic mass is 16.5. The van der Waals surface area contributed by atoms with Gasteiger partial charge in [0, 0.05) is 17.2 Å². The van der Waals surface area contributed by atoms with Gasteiger partial charge in [0.2, 0.25) is 5.91 Å². The first-order valence-corrected chi connectivity index (χ1v) is 11.8. The smallest absolute Gasteiger partial charge is 0.334 e. The SMILES string of the molecule is CCOC(=O)C1=CC(C#N)(C#N)[C@@]2(C(=O)N(Cc3ccccc3)c3ccccc32)[C@H]1c1ccccc1. The molecule has 0 radical (unpaired) electrons. The number of esters is 1. The molecule has 0 N–H and O–H groups in total. The van der Waals surface area contributed by atoms with Gasteiger partial charge >= 0.3 is 5.97 Å². The summed E-state index contributed by atoms with van der Waals surface area (Å²) in [6.45, 7) is 2.09. The summed E-state index contributed by atoms with van der Waals surface area (Å²) in [6, 6.07) is 30.2. The largest absolute Gasteiger partial charge is 0.463 e. The minimum Gasteiger partial charge on any atom is -0.463 e. The average molecular weight is 474 g/mol. The molecule has 2 aliphatic rings. The van der Waals surface area contributed by atoms with Crippen molar-refractivity contribution >= 4 is 17.6 Å². The number of anilines is 1. The Hall–Kier alpha value is -4.68. The summed E-state index contributed by atoms with van der Waals surface area (Å²) in [5, 5.41) is 21.0. The Morgan fingerprint density at radius 1 is 0.944 bits per heavy atom. The highest BCUT2D eigenvalue weighted by Gasteiger charge is 2.72. The zero-order valence-corrected chi connectivity index (χ0v) is 19.7. The third-order valence-electron chi connectivity index (χ3n) is 7.12. The maximum absolute atomic E-state index is 14.7. The lowest BCUT2D eigenvalue weighted by atomic mass is 9.57. The van der Waals surface area contributed by atoms with Gasteiger partial charge in [0.1, 0.15) is 5.41 Å². The van der Waals surface area contributed by atoms with Gasteiger partial charge in [0.25, 0.3) is 0 Å². The molecule has 1 heterocycles. The summed E-state index contributed by atoms with van der Waals surface area (Å²) in [6.07, 6.45) is 1.36. The fourth-order valence-electron chi connectivity index (χ4n) is 5.69. The number of carbonyl (C=O) groups excluding carboxylic acids is 2. The van der Waals surface area contributed by atoms with Crippen LogP contribution in [0.25, 0.3) is 0 Å². The van der Waals surface area contributed by atoms with E-state index >= 15 is 0 Å². The lowest BCUT2D eigenvalue weighted by Gasteiger charge is -2.38. The standard InChI is InChI=1S/C30H23N3O3/c1-2-36-27(34)23-17-29(19-31,20-32)30(26(23)22-13-7-4-8-14-22)24-15-9-10-16-25(24)33(28(30)35)18-21-11-5-3-6-12-21/h3-17,26H,2,18H2,1H3/t26-,30+/m0/s1. The number of carbonyl (C=O) groups is 2. The van der Waals surface area contributed by atoms with Crippen LogP contribution in [0, 0.1) is 28.1 Å². The molecular formula is C30H23N3O3. The summed E-state index contributed by atoms with van der Waals surface area (Å²) in [4.78, 5) is 29.5. The Labute approximate surface area is 209 Å². The van der Waals surface area contributed by atoms with Gasteiger partial charge in [-0.2, -0.15) is 10.5 Å². The number of rotatable bonds is 5. The molecule has 0 unspecified atom stereocenters. The molecule has 0 fully saturated rings. The number of allylic oxidation sites excluding steroid dienone is 1. The second-order valence-electron chi connectivity index (χ2n) is 8.90. The lowest BCUT2D eigenvalue weighted by molar-refractivity contribution is -0.139. The number of fused-ring (bicyclic) bond motifs is 2. The number of hydrogen-bond donors (Lipinski definition) is 0. The molecule has 6 nitrogen and oxygen atoms in total. The third kappa shape index (κ3) is 3.08. The molecule has 1 aliphatic carbocycles. The van der Waals surface area contributed by atoms with Crippen LogP contribution >= 0.6 is 0 Å². The van der Waals surface area contributed by atoms with Crippen molar-refractivity contribution < 1.29 is 14.3 Å². The number of hydrogen-bond acceptors (Lipinski definition) is 5. The van der Waals surface area contributed by atoms with Gasteiger partial charge in [0.15, 0.2) is 5.41 Å². The van der Waals surface area contributed by atoms with Crippen LogP contribution in [-0.4, -0.2) is 18.5 Å². The maximum atomic E-state index is 14.7. The Kier molecular flexibility index (Phi) is 5.66. The van der Waals surface area contributed by atoms with Crippen molar-refractivity contribution in [3.8, 4) is 12.1 Å². The number of benzene rings is 3. The first-order valence-electron chi connectivity index (χ1n) is 11.8. The molecule has 0 bridgehead atoms. The second kappa shape index (κ2) is 8.83. The van der Waals surface area contributed by atoms with E-state index in [1.807, 2.05) is 72.8 Å². The van der Waals surface area contributed by atoms with Crippen molar-refractivity contribution in [1.29, 1.82) is 10.5 Å². The molecule has 6 heteroatoms. The van der Waals surface area contributed by atoms with Gasteiger partial charge in [-0.3, -0.25) is 4.79 Å². The Bertz CT molecular complexity index is 1440. The summed E-state index contributed by atoms with van der Waals surface area (Å²) >= 11 is 0. The topological polar surface area (TPSA) is 94.2 Å². The molecule has 1 amide bonds. The van der Waals surface area contributed by atoms with Crippen LogP contribution in [0.15, 0.2) is 96.6 Å². The van der Waals surface area contributed by atoms with Gasteiger partial charge in [-0.1, -0.05) is 78.9 Å². The van der Waals surface area contributed by atoms with Crippen LogP contribution in [0.5, 0.6) is 0 Å². The van der Waals surface area contributed by atoms with Crippen molar-refractivity contribution in [1.82, 2.24) is 0 Å². The van der Waals surface area contributed by atoms with Gasteiger partial charge in [-0.05, 0) is 35.8 Å². The summed E-state index contributed by atoms with van der Waals surface area (Å²) in [7, 11) is 0. The number of nitrogens with zero attached hydrogens (tertiary/aromatic N) is 3. The Balaban J connectivity index is 1.81. The molecule has 2 atom stereocenters. The highest BCUT2D eigenvalue weighted by Crippen LogP contribution is 2.65. The van der Waals surface area contributed by atoms with E-state index in [4.69, 9.17) is 4.74 Å². The third-order valence-corrected chi connectivity index (χ3v) is 7.12. The lowest BCUT2D eigenvalue weighted by Crippen LogP contribution is -2.52. The minimum absolute atomic E-state index is 0.126. The maximum Gasteiger partial charge on any atom is 0.334 e. The molecule has 0 aromatic heterocycles. The van der Waals surface area contributed by atoms with Crippen molar-refractivity contribution in [3.63, 3.8) is 0 Å². The Morgan fingerprint density at radius 3 is 2.19 bits per heavy atom. The van der Waals surface area contributed by atoms with E-state index in [9.17, 15) is 20.1 Å². The number of para-hydroxylation sites is 1. The van der Waals surface area contributed by atoms with Gasteiger partial charge in [-0.25, -0.2) is 4.79 Å². The summed E-state index contributed by atoms with van der Waals surface area (Å²) < 4.78 is 5.36. The molecule has 1 aliphatic heterocycles. The first-order chi connectivity index (χ1) is 17.5. The fourth-order valence-corrected chi connectivity index (χ4v) is 5.69. The average Bonchev–Trinajstić information content (AvgIpc) is 3.37. The van der Waals surface area contributed by atoms with Crippen molar-refractivity contribution in [2.24, 2.45) is 5.41 Å². The fraction of sp³-hybridized carbons (Fsp3) is 0.200. The highest BCUT2D eigenvalue weighted by molar-refractivity contribution is 6.13. The van der Waals surface area contributed by atoms with Crippen LogP contribution in [0.4, 0.5) is 5.69 Å². The van der Waals surface area contributed by atoms with Crippen LogP contribution in [0.3, 0.4) is 0 Å². The summed E-state index contributed by atoms with van der Waals surface area (Å²) in [5.74, 6) is -1.91. The van der Waals surface area contributed by atoms with Crippen molar-refractivity contribution in [2.45, 2.75) is 24.8 Å². The quantitative estimate of drug-likeness (QED) is 0.497. The van der Waals surface area contributed by atoms with Crippen molar-refractivity contribution in [3.05, 3.63) is 113 Å². The van der Waals surface area contributed by atoms with E-state index in [-0.39, 0.29) is 24.6 Å². The minimum atomic E-state index is -1.92. The molecule has 36 heavy (non-hydrogen) atoms. The van der Waals surface area contributed by atoms with Gasteiger partial charge in [-0.15, -0.1) is 0 Å². The normalized spacial score (nSPS) is 21.4. The van der Waals surface area contributed by atoms with E-state index in [0.717, 1.165) is 5.56 Å². The van der Waals surface area contributed by atoms with E-state index in [1.165, 1.54) is 6.08 Å². The van der Waals surface area contributed by atoms with E-state index in [0.29, 0.717) is 16.8 Å². The van der Waals surface area contributed by atoms with Gasteiger partial charge < -0.3 is 9.64 Å². The second-order valence-corrected chi connectivity index (χ2v) is 8.90.